The van der Waals surface area contributed by atoms with Crippen LogP contribution in [0.25, 0.3) is 0 Å². The maximum atomic E-state index is 10.2. The zero-order valence-corrected chi connectivity index (χ0v) is 8.76. The van der Waals surface area contributed by atoms with E-state index in [1.807, 2.05) is 0 Å². The van der Waals surface area contributed by atoms with Crippen LogP contribution in [0, 0.1) is 5.92 Å². The predicted octanol–water partition coefficient (Wildman–Crippen LogP) is 2.06. The third-order valence-electron chi connectivity index (χ3n) is 3.46. The van der Waals surface area contributed by atoms with Crippen molar-refractivity contribution in [1.82, 2.24) is 0 Å². The molecular weight excluding hydrogens is 162 g/mol. The molecule has 1 aliphatic rings. The van der Waals surface area contributed by atoms with Crippen molar-refractivity contribution in [2.75, 3.05) is 6.54 Å². The summed E-state index contributed by atoms with van der Waals surface area (Å²) in [5, 5.41) is 10.2. The van der Waals surface area contributed by atoms with Gasteiger partial charge in [0.15, 0.2) is 0 Å². The highest BCUT2D eigenvalue weighted by atomic mass is 16.3. The van der Waals surface area contributed by atoms with Gasteiger partial charge in [0.25, 0.3) is 0 Å². The Hall–Kier alpha value is -0.0800. The van der Waals surface area contributed by atoms with Gasteiger partial charge in [0.05, 0.1) is 5.60 Å². The Bertz CT molecular complexity index is 149. The Morgan fingerprint density at radius 2 is 2.15 bits per heavy atom. The van der Waals surface area contributed by atoms with Gasteiger partial charge in [0.1, 0.15) is 0 Å². The van der Waals surface area contributed by atoms with E-state index in [0.29, 0.717) is 6.54 Å². The van der Waals surface area contributed by atoms with Crippen molar-refractivity contribution in [2.24, 2.45) is 11.7 Å². The van der Waals surface area contributed by atoms with Gasteiger partial charge >= 0.3 is 0 Å². The average Bonchev–Trinajstić information content (AvgIpc) is 2.28. The first-order valence-electron chi connectivity index (χ1n) is 5.62. The van der Waals surface area contributed by atoms with E-state index in [1.54, 1.807) is 0 Å². The van der Waals surface area contributed by atoms with Gasteiger partial charge in [0.2, 0.25) is 0 Å². The van der Waals surface area contributed by atoms with Crippen LogP contribution in [0.1, 0.15) is 51.9 Å². The van der Waals surface area contributed by atoms with Crippen molar-refractivity contribution >= 4 is 0 Å². The lowest BCUT2D eigenvalue weighted by Crippen LogP contribution is -2.30. The SMILES string of the molecule is CCC1CCCC(O)(CCN)CC1. The van der Waals surface area contributed by atoms with Crippen LogP contribution in [-0.2, 0) is 0 Å². The van der Waals surface area contributed by atoms with Crippen LogP contribution in [0.2, 0.25) is 0 Å². The minimum atomic E-state index is -0.432. The second-order valence-electron chi connectivity index (χ2n) is 4.47. The van der Waals surface area contributed by atoms with Gasteiger partial charge in [-0.15, -0.1) is 0 Å². The lowest BCUT2D eigenvalue weighted by atomic mass is 9.90. The van der Waals surface area contributed by atoms with Crippen molar-refractivity contribution in [3.8, 4) is 0 Å². The van der Waals surface area contributed by atoms with Crippen LogP contribution in [-0.4, -0.2) is 17.3 Å². The Balaban J connectivity index is 2.42. The van der Waals surface area contributed by atoms with Crippen molar-refractivity contribution in [3.63, 3.8) is 0 Å². The van der Waals surface area contributed by atoms with E-state index >= 15 is 0 Å². The highest BCUT2D eigenvalue weighted by molar-refractivity contribution is 4.83. The highest BCUT2D eigenvalue weighted by Crippen LogP contribution is 2.33. The lowest BCUT2D eigenvalue weighted by Gasteiger charge is -2.25. The molecule has 0 amide bonds. The maximum Gasteiger partial charge on any atom is 0.0660 e. The number of hydrogen-bond acceptors (Lipinski definition) is 2. The molecule has 1 rings (SSSR count). The molecule has 0 saturated heterocycles. The van der Waals surface area contributed by atoms with Gasteiger partial charge in [-0.1, -0.05) is 26.2 Å². The summed E-state index contributed by atoms with van der Waals surface area (Å²) in [6.07, 6.45) is 7.62. The fourth-order valence-electron chi connectivity index (χ4n) is 2.39. The molecule has 0 aromatic rings. The fraction of sp³-hybridized carbons (Fsp3) is 1.00. The van der Waals surface area contributed by atoms with Crippen LogP contribution < -0.4 is 5.73 Å². The quantitative estimate of drug-likeness (QED) is 0.661. The largest absolute Gasteiger partial charge is 0.390 e. The number of rotatable bonds is 3. The summed E-state index contributed by atoms with van der Waals surface area (Å²) in [5.74, 6) is 0.840. The predicted molar refractivity (Wildman–Crippen MR) is 55.5 cm³/mol. The first-order chi connectivity index (χ1) is 6.20. The van der Waals surface area contributed by atoms with Gasteiger partial charge in [0, 0.05) is 0 Å². The third kappa shape index (κ3) is 3.28. The van der Waals surface area contributed by atoms with Crippen LogP contribution in [0.15, 0.2) is 0 Å². The zero-order valence-electron chi connectivity index (χ0n) is 8.76. The molecule has 1 saturated carbocycles. The number of hydrogen-bond donors (Lipinski definition) is 2. The first-order valence-corrected chi connectivity index (χ1v) is 5.62. The van der Waals surface area contributed by atoms with Gasteiger partial charge in [-0.2, -0.15) is 0 Å². The van der Waals surface area contributed by atoms with E-state index in [9.17, 15) is 5.11 Å². The van der Waals surface area contributed by atoms with Crippen molar-refractivity contribution in [3.05, 3.63) is 0 Å². The van der Waals surface area contributed by atoms with Gasteiger partial charge < -0.3 is 10.8 Å². The van der Waals surface area contributed by atoms with Crippen molar-refractivity contribution in [1.29, 1.82) is 0 Å². The minimum Gasteiger partial charge on any atom is -0.390 e. The van der Waals surface area contributed by atoms with E-state index < -0.39 is 5.60 Å². The molecule has 2 heteroatoms. The summed E-state index contributed by atoms with van der Waals surface area (Å²) >= 11 is 0. The Morgan fingerprint density at radius 1 is 1.38 bits per heavy atom. The smallest absolute Gasteiger partial charge is 0.0660 e. The molecule has 2 nitrogen and oxygen atoms in total. The van der Waals surface area contributed by atoms with E-state index in [2.05, 4.69) is 6.92 Å². The molecule has 0 aromatic heterocycles. The minimum absolute atomic E-state index is 0.432. The van der Waals surface area contributed by atoms with E-state index in [4.69, 9.17) is 5.73 Å². The average molecular weight is 185 g/mol. The third-order valence-corrected chi connectivity index (χ3v) is 3.46. The molecule has 0 spiro atoms. The van der Waals surface area contributed by atoms with E-state index in [0.717, 1.165) is 25.2 Å². The molecule has 2 atom stereocenters. The van der Waals surface area contributed by atoms with E-state index in [-0.39, 0.29) is 0 Å². The van der Waals surface area contributed by atoms with Crippen LogP contribution in [0.4, 0.5) is 0 Å². The molecule has 1 aliphatic carbocycles. The number of nitrogens with two attached hydrogens (primary N) is 1. The first kappa shape index (κ1) is 11.0. The highest BCUT2D eigenvalue weighted by Gasteiger charge is 2.29. The molecule has 0 heterocycles. The van der Waals surface area contributed by atoms with Crippen LogP contribution >= 0.6 is 0 Å². The summed E-state index contributed by atoms with van der Waals surface area (Å²) in [7, 11) is 0. The summed E-state index contributed by atoms with van der Waals surface area (Å²) in [5.41, 5.74) is 5.07. The second-order valence-corrected chi connectivity index (χ2v) is 4.47. The normalized spacial score (nSPS) is 35.8. The Kier molecular flexibility index (Phi) is 4.20. The summed E-state index contributed by atoms with van der Waals surface area (Å²) in [4.78, 5) is 0. The second kappa shape index (κ2) is 4.97. The van der Waals surface area contributed by atoms with Crippen LogP contribution in [0.5, 0.6) is 0 Å². The van der Waals surface area contributed by atoms with Gasteiger partial charge in [-0.3, -0.25) is 0 Å². The summed E-state index contributed by atoms with van der Waals surface area (Å²) in [6, 6.07) is 0. The molecule has 13 heavy (non-hydrogen) atoms. The van der Waals surface area contributed by atoms with Crippen molar-refractivity contribution in [2.45, 2.75) is 57.5 Å². The molecular formula is C11H23NO. The zero-order chi connectivity index (χ0) is 9.73. The molecule has 0 radical (unpaired) electrons. The Labute approximate surface area is 81.5 Å². The molecule has 0 aliphatic heterocycles. The molecule has 0 aromatic carbocycles. The molecule has 78 valence electrons. The van der Waals surface area contributed by atoms with E-state index in [1.165, 1.54) is 25.7 Å². The standard InChI is InChI=1S/C11H23NO/c1-2-10-4-3-6-11(13,7-5-10)8-9-12/h10,13H,2-9,12H2,1H3. The summed E-state index contributed by atoms with van der Waals surface area (Å²) in [6.45, 7) is 2.87. The fourth-order valence-corrected chi connectivity index (χ4v) is 2.39. The topological polar surface area (TPSA) is 46.2 Å². The van der Waals surface area contributed by atoms with Crippen LogP contribution in [0.3, 0.4) is 0 Å². The Morgan fingerprint density at radius 3 is 2.77 bits per heavy atom. The molecule has 0 bridgehead atoms. The number of aliphatic hydroxyl groups is 1. The van der Waals surface area contributed by atoms with Gasteiger partial charge in [-0.25, -0.2) is 0 Å². The lowest BCUT2D eigenvalue weighted by molar-refractivity contribution is 0.0178. The van der Waals surface area contributed by atoms with Gasteiger partial charge in [-0.05, 0) is 38.1 Å². The maximum absolute atomic E-state index is 10.2. The molecule has 1 fully saturated rings. The monoisotopic (exact) mass is 185 g/mol. The molecule has 3 N–H and O–H groups in total. The van der Waals surface area contributed by atoms with Crippen molar-refractivity contribution < 1.29 is 5.11 Å². The molecule has 2 unspecified atom stereocenters. The summed E-state index contributed by atoms with van der Waals surface area (Å²) < 4.78 is 0.